The fourth-order valence-electron chi connectivity index (χ4n) is 4.34. The number of amides is 1. The van der Waals surface area contributed by atoms with Gasteiger partial charge in [0.15, 0.2) is 0 Å². The van der Waals surface area contributed by atoms with Gasteiger partial charge < -0.3 is 14.8 Å². The van der Waals surface area contributed by atoms with E-state index in [-0.39, 0.29) is 11.9 Å². The second-order valence-corrected chi connectivity index (χ2v) is 7.47. The minimum absolute atomic E-state index is 0.0124. The zero-order chi connectivity index (χ0) is 18.5. The summed E-state index contributed by atoms with van der Waals surface area (Å²) in [4.78, 5) is 13.2. The van der Waals surface area contributed by atoms with Crippen molar-refractivity contribution in [3.8, 4) is 11.1 Å². The van der Waals surface area contributed by atoms with E-state index in [1.807, 2.05) is 54.6 Å². The van der Waals surface area contributed by atoms with Crippen LogP contribution in [0, 0.1) is 11.8 Å². The molecule has 0 unspecified atom stereocenters. The molecule has 2 aromatic carbocycles. The molecule has 0 bridgehead atoms. The first-order valence-electron chi connectivity index (χ1n) is 9.94. The molecule has 0 spiro atoms. The second-order valence-electron chi connectivity index (χ2n) is 7.47. The summed E-state index contributed by atoms with van der Waals surface area (Å²) < 4.78 is 11.3. The van der Waals surface area contributed by atoms with Gasteiger partial charge in [-0.25, -0.2) is 0 Å². The van der Waals surface area contributed by atoms with Crippen molar-refractivity contribution >= 4 is 5.91 Å². The van der Waals surface area contributed by atoms with E-state index >= 15 is 0 Å². The van der Waals surface area contributed by atoms with E-state index < -0.39 is 0 Å². The van der Waals surface area contributed by atoms with E-state index in [9.17, 15) is 4.79 Å². The Kier molecular flexibility index (Phi) is 5.85. The lowest BCUT2D eigenvalue weighted by molar-refractivity contribution is -0.0259. The van der Waals surface area contributed by atoms with Gasteiger partial charge in [-0.1, -0.05) is 48.5 Å². The Morgan fingerprint density at radius 2 is 1.56 bits per heavy atom. The smallest absolute Gasteiger partial charge is 0.252 e. The quantitative estimate of drug-likeness (QED) is 0.893. The molecule has 2 heterocycles. The number of nitrogens with one attached hydrogen (secondary N) is 1. The van der Waals surface area contributed by atoms with Crippen LogP contribution < -0.4 is 5.32 Å². The fourth-order valence-corrected chi connectivity index (χ4v) is 4.34. The van der Waals surface area contributed by atoms with Gasteiger partial charge >= 0.3 is 0 Å². The summed E-state index contributed by atoms with van der Waals surface area (Å²) in [6.07, 6.45) is 2.99. The van der Waals surface area contributed by atoms with E-state index in [4.69, 9.17) is 9.47 Å². The highest BCUT2D eigenvalue weighted by molar-refractivity contribution is 6.01. The Morgan fingerprint density at radius 1 is 0.852 bits per heavy atom. The van der Waals surface area contributed by atoms with E-state index in [0.29, 0.717) is 18.4 Å². The van der Waals surface area contributed by atoms with Crippen LogP contribution in [-0.4, -0.2) is 38.4 Å². The molecule has 1 N–H and O–H groups in total. The lowest BCUT2D eigenvalue weighted by atomic mass is 9.79. The largest absolute Gasteiger partial charge is 0.381 e. The molecule has 1 amide bonds. The number of carbonyl (C=O) groups excluding carboxylic acids is 1. The van der Waals surface area contributed by atoms with Crippen LogP contribution in [0.4, 0.5) is 0 Å². The average molecular weight is 365 g/mol. The summed E-state index contributed by atoms with van der Waals surface area (Å²) in [5, 5.41) is 3.33. The van der Waals surface area contributed by atoms with E-state index in [1.54, 1.807) is 0 Å². The first-order chi connectivity index (χ1) is 13.3. The van der Waals surface area contributed by atoms with Gasteiger partial charge in [0.2, 0.25) is 0 Å². The summed E-state index contributed by atoms with van der Waals surface area (Å²) in [6, 6.07) is 18.1. The maximum atomic E-state index is 13.2. The Morgan fingerprint density at radius 3 is 2.37 bits per heavy atom. The highest BCUT2D eigenvalue weighted by Crippen LogP contribution is 2.31. The highest BCUT2D eigenvalue weighted by Gasteiger charge is 2.34. The maximum absolute atomic E-state index is 13.2. The van der Waals surface area contributed by atoms with Gasteiger partial charge in [0.05, 0.1) is 6.61 Å². The number of hydrogen-bond donors (Lipinski definition) is 1. The van der Waals surface area contributed by atoms with Crippen molar-refractivity contribution in [3.63, 3.8) is 0 Å². The Hall–Kier alpha value is -2.17. The minimum atomic E-state index is 0.0124. The molecule has 2 fully saturated rings. The SMILES string of the molecule is O=C(N[C@H]1CCOC[C@H]1C1CCOCC1)c1ccccc1-c1ccccc1. The summed E-state index contributed by atoms with van der Waals surface area (Å²) in [7, 11) is 0. The van der Waals surface area contributed by atoms with Crippen LogP contribution in [0.5, 0.6) is 0 Å². The highest BCUT2D eigenvalue weighted by atomic mass is 16.5. The van der Waals surface area contributed by atoms with Gasteiger partial charge in [0.1, 0.15) is 0 Å². The first kappa shape index (κ1) is 18.2. The molecule has 2 saturated heterocycles. The lowest BCUT2D eigenvalue weighted by Crippen LogP contribution is -2.49. The molecule has 0 aliphatic carbocycles. The second kappa shape index (κ2) is 8.68. The standard InChI is InChI=1S/C23H27NO3/c25-23(20-9-5-4-8-19(20)17-6-2-1-3-7-17)24-22-12-15-27-16-21(22)18-10-13-26-14-11-18/h1-9,18,21-22H,10-16H2,(H,24,25)/t21-,22-/m0/s1. The monoisotopic (exact) mass is 365 g/mol. The molecule has 2 aromatic rings. The predicted molar refractivity (Wildman–Crippen MR) is 106 cm³/mol. The molecule has 2 aliphatic rings. The van der Waals surface area contributed by atoms with Gasteiger partial charge in [-0.15, -0.1) is 0 Å². The number of benzene rings is 2. The number of rotatable bonds is 4. The van der Waals surface area contributed by atoms with Crippen molar-refractivity contribution in [2.24, 2.45) is 11.8 Å². The zero-order valence-corrected chi connectivity index (χ0v) is 15.6. The van der Waals surface area contributed by atoms with Gasteiger partial charge in [0.25, 0.3) is 5.91 Å². The fraction of sp³-hybridized carbons (Fsp3) is 0.435. The van der Waals surface area contributed by atoms with Crippen molar-refractivity contribution in [1.82, 2.24) is 5.32 Å². The molecule has 0 radical (unpaired) electrons. The minimum Gasteiger partial charge on any atom is -0.381 e. The summed E-state index contributed by atoms with van der Waals surface area (Å²) in [6.45, 7) is 3.08. The Labute approximate surface area is 160 Å². The van der Waals surface area contributed by atoms with Crippen LogP contribution in [0.15, 0.2) is 54.6 Å². The molecule has 2 aliphatic heterocycles. The van der Waals surface area contributed by atoms with Crippen molar-refractivity contribution in [2.45, 2.75) is 25.3 Å². The third-order valence-corrected chi connectivity index (χ3v) is 5.84. The van der Waals surface area contributed by atoms with E-state index in [2.05, 4.69) is 5.32 Å². The van der Waals surface area contributed by atoms with E-state index in [1.165, 1.54) is 0 Å². The molecule has 142 valence electrons. The van der Waals surface area contributed by atoms with Crippen LogP contribution in [0.2, 0.25) is 0 Å². The first-order valence-corrected chi connectivity index (χ1v) is 9.94. The van der Waals surface area contributed by atoms with Crippen molar-refractivity contribution in [1.29, 1.82) is 0 Å². The van der Waals surface area contributed by atoms with Gasteiger partial charge in [-0.05, 0) is 42.4 Å². The van der Waals surface area contributed by atoms with Gasteiger partial charge in [-0.3, -0.25) is 4.79 Å². The molecule has 2 atom stereocenters. The molecule has 0 saturated carbocycles. The Bertz CT molecular complexity index is 755. The van der Waals surface area contributed by atoms with Crippen LogP contribution in [-0.2, 0) is 9.47 Å². The molecule has 0 aromatic heterocycles. The number of ether oxygens (including phenoxy) is 2. The average Bonchev–Trinajstić information content (AvgIpc) is 2.75. The van der Waals surface area contributed by atoms with Crippen molar-refractivity contribution < 1.29 is 14.3 Å². The topological polar surface area (TPSA) is 47.6 Å². The molecular formula is C23H27NO3. The van der Waals surface area contributed by atoms with Crippen molar-refractivity contribution in [2.75, 3.05) is 26.4 Å². The summed E-state index contributed by atoms with van der Waals surface area (Å²) >= 11 is 0. The molecule has 4 heteroatoms. The number of hydrogen-bond acceptors (Lipinski definition) is 3. The molecular weight excluding hydrogens is 338 g/mol. The normalized spacial score (nSPS) is 23.7. The zero-order valence-electron chi connectivity index (χ0n) is 15.6. The third kappa shape index (κ3) is 4.23. The summed E-state index contributed by atoms with van der Waals surface area (Å²) in [5.74, 6) is 0.947. The predicted octanol–water partition coefficient (Wildman–Crippen LogP) is 3.92. The molecule has 4 rings (SSSR count). The van der Waals surface area contributed by atoms with E-state index in [0.717, 1.165) is 55.8 Å². The maximum Gasteiger partial charge on any atom is 0.252 e. The third-order valence-electron chi connectivity index (χ3n) is 5.84. The van der Waals surface area contributed by atoms with Crippen LogP contribution in [0.1, 0.15) is 29.6 Å². The summed E-state index contributed by atoms with van der Waals surface area (Å²) in [5.41, 5.74) is 2.78. The lowest BCUT2D eigenvalue weighted by Gasteiger charge is -2.39. The van der Waals surface area contributed by atoms with Gasteiger partial charge in [-0.2, -0.15) is 0 Å². The van der Waals surface area contributed by atoms with Crippen LogP contribution in [0.3, 0.4) is 0 Å². The van der Waals surface area contributed by atoms with Gasteiger partial charge in [0, 0.05) is 37.3 Å². The van der Waals surface area contributed by atoms with Crippen molar-refractivity contribution in [3.05, 3.63) is 60.2 Å². The van der Waals surface area contributed by atoms with Crippen LogP contribution in [0.25, 0.3) is 11.1 Å². The molecule has 27 heavy (non-hydrogen) atoms. The van der Waals surface area contributed by atoms with Crippen LogP contribution >= 0.6 is 0 Å². The Balaban J connectivity index is 1.53. The number of carbonyl (C=O) groups is 1. The molecule has 4 nitrogen and oxygen atoms in total.